The molecule has 4 aromatic rings. The van der Waals surface area contributed by atoms with Gasteiger partial charge >= 0.3 is 0 Å². The van der Waals surface area contributed by atoms with Gasteiger partial charge in [-0.25, -0.2) is 0 Å². The smallest absolute Gasteiger partial charge is 0.240 e. The van der Waals surface area contributed by atoms with Crippen molar-refractivity contribution in [1.82, 2.24) is 24.9 Å². The number of thioether (sulfide) groups is 1. The van der Waals surface area contributed by atoms with E-state index < -0.39 is 0 Å². The average Bonchev–Trinajstić information content (AvgIpc) is 3.44. The highest BCUT2D eigenvalue weighted by Gasteiger charge is 2.20. The Labute approximate surface area is 186 Å². The fourth-order valence-electron chi connectivity index (χ4n) is 3.39. The lowest BCUT2D eigenvalue weighted by Gasteiger charge is -2.21. The van der Waals surface area contributed by atoms with Crippen LogP contribution >= 0.6 is 11.8 Å². The second kappa shape index (κ2) is 9.34. The fourth-order valence-corrected chi connectivity index (χ4v) is 4.24. The second-order valence-electron chi connectivity index (χ2n) is 7.17. The highest BCUT2D eigenvalue weighted by atomic mass is 32.2. The van der Waals surface area contributed by atoms with Crippen LogP contribution in [0.3, 0.4) is 0 Å². The van der Waals surface area contributed by atoms with Gasteiger partial charge in [-0.1, -0.05) is 47.3 Å². The summed E-state index contributed by atoms with van der Waals surface area (Å²) >= 11 is 1.55. The predicted octanol–water partition coefficient (Wildman–Crippen LogP) is 5.23. The Morgan fingerprint density at radius 1 is 0.968 bits per heavy atom. The van der Waals surface area contributed by atoms with Crippen LogP contribution in [0.4, 0.5) is 5.69 Å². The Morgan fingerprint density at radius 2 is 1.68 bits per heavy atom. The Morgan fingerprint density at radius 3 is 2.35 bits per heavy atom. The maximum atomic E-state index is 5.50. The molecular weight excluding hydrogens is 408 g/mol. The van der Waals surface area contributed by atoms with Gasteiger partial charge in [-0.2, -0.15) is 4.98 Å². The van der Waals surface area contributed by atoms with Gasteiger partial charge in [-0.3, -0.25) is 0 Å². The van der Waals surface area contributed by atoms with E-state index in [1.807, 2.05) is 48.9 Å². The number of rotatable bonds is 8. The first-order valence-electron chi connectivity index (χ1n) is 10.4. The molecule has 160 valence electrons. The van der Waals surface area contributed by atoms with Crippen LogP contribution in [0.1, 0.15) is 31.9 Å². The minimum absolute atomic E-state index is 0.0502. The largest absolute Gasteiger partial charge is 0.372 e. The normalized spacial score (nSPS) is 12.1. The van der Waals surface area contributed by atoms with Crippen LogP contribution in [0.5, 0.6) is 0 Å². The molecule has 0 fully saturated rings. The van der Waals surface area contributed by atoms with Gasteiger partial charge < -0.3 is 14.0 Å². The molecule has 0 aliphatic heterocycles. The Kier molecular flexibility index (Phi) is 6.36. The fraction of sp³-hybridized carbons (Fsp3) is 0.304. The molecular formula is C23H26N6OS. The number of hydrogen-bond donors (Lipinski definition) is 0. The number of nitrogens with zero attached hydrogens (tertiary/aromatic N) is 6. The lowest BCUT2D eigenvalue weighted by Crippen LogP contribution is -2.21. The van der Waals surface area contributed by atoms with E-state index >= 15 is 0 Å². The summed E-state index contributed by atoms with van der Waals surface area (Å²) in [6, 6.07) is 18.3. The first-order valence-corrected chi connectivity index (χ1v) is 11.3. The third-order valence-electron chi connectivity index (χ3n) is 5.19. The van der Waals surface area contributed by atoms with E-state index in [1.54, 1.807) is 11.8 Å². The van der Waals surface area contributed by atoms with Crippen LogP contribution in [-0.4, -0.2) is 38.0 Å². The minimum atomic E-state index is -0.0502. The summed E-state index contributed by atoms with van der Waals surface area (Å²) < 4.78 is 7.50. The van der Waals surface area contributed by atoms with E-state index in [2.05, 4.69) is 63.4 Å². The van der Waals surface area contributed by atoms with Crippen molar-refractivity contribution >= 4 is 17.4 Å². The van der Waals surface area contributed by atoms with Crippen LogP contribution in [0.2, 0.25) is 0 Å². The van der Waals surface area contributed by atoms with E-state index in [0.29, 0.717) is 11.7 Å². The molecule has 2 aromatic heterocycles. The highest BCUT2D eigenvalue weighted by molar-refractivity contribution is 7.99. The first kappa shape index (κ1) is 21.1. The lowest BCUT2D eigenvalue weighted by molar-refractivity contribution is 0.380. The summed E-state index contributed by atoms with van der Waals surface area (Å²) in [5.74, 6) is 1.99. The molecule has 0 N–H and O–H groups in total. The van der Waals surface area contributed by atoms with Crippen LogP contribution in [0, 0.1) is 0 Å². The van der Waals surface area contributed by atoms with Crippen molar-refractivity contribution in [2.45, 2.75) is 31.2 Å². The van der Waals surface area contributed by atoms with Gasteiger partial charge in [0.15, 0.2) is 11.0 Å². The van der Waals surface area contributed by atoms with E-state index in [9.17, 15) is 0 Å². The molecule has 0 saturated carbocycles. The van der Waals surface area contributed by atoms with E-state index in [4.69, 9.17) is 4.52 Å². The molecule has 4 rings (SSSR count). The maximum absolute atomic E-state index is 5.50. The molecule has 0 radical (unpaired) electrons. The monoisotopic (exact) mass is 434 g/mol. The molecule has 0 aliphatic carbocycles. The molecule has 7 nitrogen and oxygen atoms in total. The molecule has 8 heteroatoms. The third-order valence-corrected chi connectivity index (χ3v) is 6.31. The number of hydrogen-bond acceptors (Lipinski definition) is 7. The van der Waals surface area contributed by atoms with Crippen molar-refractivity contribution in [3.8, 4) is 22.8 Å². The van der Waals surface area contributed by atoms with E-state index in [-0.39, 0.29) is 5.25 Å². The number of anilines is 1. The Hall–Kier alpha value is -3.13. The van der Waals surface area contributed by atoms with E-state index in [1.165, 1.54) is 5.69 Å². The Balaban J connectivity index is 1.49. The van der Waals surface area contributed by atoms with Crippen LogP contribution in [0.15, 0.2) is 64.3 Å². The Bertz CT molecular complexity index is 1120. The van der Waals surface area contributed by atoms with E-state index in [0.717, 1.165) is 35.2 Å². The summed E-state index contributed by atoms with van der Waals surface area (Å²) in [4.78, 5) is 6.87. The van der Waals surface area contributed by atoms with Crippen molar-refractivity contribution in [2.75, 3.05) is 18.0 Å². The summed E-state index contributed by atoms with van der Waals surface area (Å²) in [5.41, 5.74) is 3.18. The van der Waals surface area contributed by atoms with Gasteiger partial charge in [0.2, 0.25) is 11.7 Å². The summed E-state index contributed by atoms with van der Waals surface area (Å²) in [6.45, 7) is 8.33. The van der Waals surface area contributed by atoms with Crippen LogP contribution < -0.4 is 4.90 Å². The zero-order valence-electron chi connectivity index (χ0n) is 18.2. The molecule has 1 unspecified atom stereocenters. The van der Waals surface area contributed by atoms with Gasteiger partial charge in [-0.05, 0) is 45.0 Å². The summed E-state index contributed by atoms with van der Waals surface area (Å²) in [6.07, 6.45) is 0. The second-order valence-corrected chi connectivity index (χ2v) is 8.47. The quantitative estimate of drug-likeness (QED) is 0.352. The van der Waals surface area contributed by atoms with Crippen molar-refractivity contribution in [1.29, 1.82) is 0 Å². The van der Waals surface area contributed by atoms with Crippen molar-refractivity contribution in [3.05, 3.63) is 60.5 Å². The van der Waals surface area contributed by atoms with Gasteiger partial charge in [0.05, 0.1) is 5.25 Å². The third kappa shape index (κ3) is 4.49. The summed E-state index contributed by atoms with van der Waals surface area (Å²) in [5, 5.41) is 13.7. The molecule has 2 aromatic carbocycles. The van der Waals surface area contributed by atoms with Gasteiger partial charge in [-0.15, -0.1) is 10.2 Å². The molecule has 0 aliphatic rings. The molecule has 0 saturated heterocycles. The highest BCUT2D eigenvalue weighted by Crippen LogP contribution is 2.35. The number of benzene rings is 2. The molecule has 0 amide bonds. The molecule has 0 bridgehead atoms. The standard InChI is InChI=1S/C23H26N6OS/c1-5-29(6-2)19-14-12-18(13-15-19)21-25-26-23(28(21)4)31-16(3)22-24-20(27-30-22)17-10-8-7-9-11-17/h7-16H,5-6H2,1-4H3. The first-order chi connectivity index (χ1) is 15.1. The van der Waals surface area contributed by atoms with Crippen molar-refractivity contribution < 1.29 is 4.52 Å². The predicted molar refractivity (Wildman–Crippen MR) is 124 cm³/mol. The molecule has 31 heavy (non-hydrogen) atoms. The molecule has 0 spiro atoms. The minimum Gasteiger partial charge on any atom is -0.372 e. The zero-order valence-corrected chi connectivity index (χ0v) is 19.0. The van der Waals surface area contributed by atoms with Crippen molar-refractivity contribution in [3.63, 3.8) is 0 Å². The van der Waals surface area contributed by atoms with Crippen LogP contribution in [0.25, 0.3) is 22.8 Å². The molecule has 1 atom stereocenters. The maximum Gasteiger partial charge on any atom is 0.240 e. The number of aromatic nitrogens is 5. The van der Waals surface area contributed by atoms with Gasteiger partial charge in [0, 0.05) is 37.0 Å². The average molecular weight is 435 g/mol. The SMILES string of the molecule is CCN(CC)c1ccc(-c2nnc(SC(C)c3nc(-c4ccccc4)no3)n2C)cc1. The molecule has 2 heterocycles. The lowest BCUT2D eigenvalue weighted by atomic mass is 10.2. The van der Waals surface area contributed by atoms with Gasteiger partial charge in [0.25, 0.3) is 0 Å². The van der Waals surface area contributed by atoms with Crippen LogP contribution in [-0.2, 0) is 7.05 Å². The van der Waals surface area contributed by atoms with Crippen molar-refractivity contribution in [2.24, 2.45) is 7.05 Å². The topological polar surface area (TPSA) is 72.9 Å². The zero-order chi connectivity index (χ0) is 21.8. The summed E-state index contributed by atoms with van der Waals surface area (Å²) in [7, 11) is 1.98. The van der Waals surface area contributed by atoms with Gasteiger partial charge in [0.1, 0.15) is 0 Å².